The number of likely N-dealkylation sites (N-methyl/N-ethyl adjacent to an activating group) is 1. The van der Waals surface area contributed by atoms with Crippen LogP contribution in [-0.4, -0.2) is 29.8 Å². The molecular formula is C18H20Cl2N2O2. The normalized spacial score (nSPS) is 19.4. The van der Waals surface area contributed by atoms with Gasteiger partial charge in [-0.2, -0.15) is 0 Å². The minimum atomic E-state index is -0.487. The molecule has 128 valence electrons. The van der Waals surface area contributed by atoms with Gasteiger partial charge < -0.3 is 4.90 Å². The first-order chi connectivity index (χ1) is 11.4. The third-order valence-corrected chi connectivity index (χ3v) is 5.64. The molecule has 4 nitrogen and oxygen atoms in total. The monoisotopic (exact) mass is 366 g/mol. The Hall–Kier alpha value is -1.52. The summed E-state index contributed by atoms with van der Waals surface area (Å²) in [5.74, 6) is -0.864. The summed E-state index contributed by atoms with van der Waals surface area (Å²) in [7, 11) is 1.85. The SMILES string of the molecule is Cc1ccc(N2C(=O)C(Cl)=C(N(C)C3CCCCC3)C2=O)cc1Cl. The van der Waals surface area contributed by atoms with Gasteiger partial charge in [0, 0.05) is 18.1 Å². The Morgan fingerprint density at radius 1 is 1.08 bits per heavy atom. The minimum Gasteiger partial charge on any atom is -0.366 e. The lowest BCUT2D eigenvalue weighted by Gasteiger charge is -2.33. The van der Waals surface area contributed by atoms with Crippen LogP contribution in [0, 0.1) is 6.92 Å². The van der Waals surface area contributed by atoms with Gasteiger partial charge in [0.1, 0.15) is 10.7 Å². The molecule has 24 heavy (non-hydrogen) atoms. The summed E-state index contributed by atoms with van der Waals surface area (Å²) in [6.45, 7) is 1.87. The highest BCUT2D eigenvalue weighted by Gasteiger charge is 2.42. The summed E-state index contributed by atoms with van der Waals surface area (Å²) in [5.41, 5.74) is 1.63. The lowest BCUT2D eigenvalue weighted by molar-refractivity contribution is -0.121. The van der Waals surface area contributed by atoms with Gasteiger partial charge in [-0.3, -0.25) is 9.59 Å². The van der Waals surface area contributed by atoms with Crippen LogP contribution in [0.3, 0.4) is 0 Å². The van der Waals surface area contributed by atoms with Crippen molar-refractivity contribution in [3.05, 3.63) is 39.5 Å². The van der Waals surface area contributed by atoms with Crippen molar-refractivity contribution in [3.8, 4) is 0 Å². The number of nitrogens with zero attached hydrogens (tertiary/aromatic N) is 2. The first-order valence-corrected chi connectivity index (χ1v) is 8.95. The highest BCUT2D eigenvalue weighted by molar-refractivity contribution is 6.52. The van der Waals surface area contributed by atoms with Crippen LogP contribution in [0.15, 0.2) is 28.9 Å². The number of hydrogen-bond acceptors (Lipinski definition) is 3. The molecule has 0 saturated heterocycles. The number of anilines is 1. The number of amides is 2. The number of carbonyl (C=O) groups excluding carboxylic acids is 2. The molecule has 1 saturated carbocycles. The molecule has 3 rings (SSSR count). The van der Waals surface area contributed by atoms with Gasteiger partial charge in [0.2, 0.25) is 0 Å². The molecular weight excluding hydrogens is 347 g/mol. The van der Waals surface area contributed by atoms with Crippen LogP contribution in [0.25, 0.3) is 0 Å². The van der Waals surface area contributed by atoms with Crippen molar-refractivity contribution in [2.24, 2.45) is 0 Å². The molecule has 2 aliphatic rings. The number of hydrogen-bond donors (Lipinski definition) is 0. The average molecular weight is 367 g/mol. The van der Waals surface area contributed by atoms with Crippen molar-refractivity contribution < 1.29 is 9.59 Å². The number of benzene rings is 1. The Kier molecular flexibility index (Phi) is 4.88. The molecule has 1 heterocycles. The Morgan fingerprint density at radius 2 is 1.75 bits per heavy atom. The van der Waals surface area contributed by atoms with Crippen LogP contribution in [0.4, 0.5) is 5.69 Å². The third kappa shape index (κ3) is 2.93. The zero-order valence-corrected chi connectivity index (χ0v) is 15.3. The van der Waals surface area contributed by atoms with Crippen molar-refractivity contribution in [1.82, 2.24) is 4.90 Å². The summed E-state index contributed by atoms with van der Waals surface area (Å²) in [5, 5.41) is 0.503. The van der Waals surface area contributed by atoms with E-state index in [9.17, 15) is 9.59 Å². The van der Waals surface area contributed by atoms with E-state index in [1.54, 1.807) is 18.2 Å². The summed E-state index contributed by atoms with van der Waals surface area (Å²) < 4.78 is 0. The second-order valence-corrected chi connectivity index (χ2v) is 7.23. The predicted molar refractivity (Wildman–Crippen MR) is 96.2 cm³/mol. The van der Waals surface area contributed by atoms with Crippen LogP contribution in [-0.2, 0) is 9.59 Å². The summed E-state index contributed by atoms with van der Waals surface area (Å²) in [6, 6.07) is 5.38. The second kappa shape index (κ2) is 6.77. The van der Waals surface area contributed by atoms with E-state index in [1.165, 1.54) is 6.42 Å². The molecule has 0 spiro atoms. The number of imide groups is 1. The number of carbonyl (C=O) groups is 2. The Balaban J connectivity index is 1.90. The Bertz CT molecular complexity index is 724. The van der Waals surface area contributed by atoms with Crippen molar-refractivity contribution in [1.29, 1.82) is 0 Å². The molecule has 1 fully saturated rings. The summed E-state index contributed by atoms with van der Waals surface area (Å²) in [6.07, 6.45) is 5.53. The molecule has 2 amide bonds. The van der Waals surface area contributed by atoms with Gasteiger partial charge in [0.15, 0.2) is 0 Å². The third-order valence-electron chi connectivity index (χ3n) is 4.89. The standard InChI is InChI=1S/C18H20Cl2N2O2/c1-11-8-9-13(10-14(11)19)22-17(23)15(20)16(18(22)24)21(2)12-6-4-3-5-7-12/h8-10,12H,3-7H2,1-2H3. The van der Waals surface area contributed by atoms with Gasteiger partial charge in [-0.05, 0) is 37.5 Å². The fraction of sp³-hybridized carbons (Fsp3) is 0.444. The quantitative estimate of drug-likeness (QED) is 0.751. The Labute approximate surface area is 152 Å². The first-order valence-electron chi connectivity index (χ1n) is 8.19. The average Bonchev–Trinajstić information content (AvgIpc) is 2.80. The fourth-order valence-corrected chi connectivity index (χ4v) is 3.88. The maximum Gasteiger partial charge on any atom is 0.283 e. The van der Waals surface area contributed by atoms with E-state index >= 15 is 0 Å². The maximum atomic E-state index is 12.9. The van der Waals surface area contributed by atoms with E-state index in [2.05, 4.69) is 0 Å². The molecule has 0 unspecified atom stereocenters. The first kappa shape index (κ1) is 17.3. The van der Waals surface area contributed by atoms with Gasteiger partial charge in [0.25, 0.3) is 11.8 Å². The zero-order valence-electron chi connectivity index (χ0n) is 13.8. The molecule has 1 aliphatic heterocycles. The van der Waals surface area contributed by atoms with Crippen LogP contribution in [0.1, 0.15) is 37.7 Å². The van der Waals surface area contributed by atoms with Crippen molar-refractivity contribution in [3.63, 3.8) is 0 Å². The second-order valence-electron chi connectivity index (χ2n) is 6.44. The van der Waals surface area contributed by atoms with Crippen molar-refractivity contribution in [2.45, 2.75) is 45.1 Å². The molecule has 0 aromatic heterocycles. The van der Waals surface area contributed by atoms with Gasteiger partial charge >= 0.3 is 0 Å². The smallest absolute Gasteiger partial charge is 0.283 e. The number of aryl methyl sites for hydroxylation is 1. The van der Waals surface area contributed by atoms with E-state index in [-0.39, 0.29) is 17.0 Å². The van der Waals surface area contributed by atoms with Gasteiger partial charge in [-0.1, -0.05) is 48.5 Å². The molecule has 0 bridgehead atoms. The summed E-state index contributed by atoms with van der Waals surface area (Å²) >= 11 is 12.4. The fourth-order valence-electron chi connectivity index (χ4n) is 3.40. The topological polar surface area (TPSA) is 40.6 Å². The van der Waals surface area contributed by atoms with E-state index in [0.29, 0.717) is 16.4 Å². The van der Waals surface area contributed by atoms with Crippen LogP contribution < -0.4 is 4.90 Å². The Morgan fingerprint density at radius 3 is 2.38 bits per heavy atom. The maximum absolute atomic E-state index is 12.9. The van der Waals surface area contributed by atoms with Crippen molar-refractivity contribution in [2.75, 3.05) is 11.9 Å². The van der Waals surface area contributed by atoms with E-state index in [1.807, 2.05) is 18.9 Å². The van der Waals surface area contributed by atoms with Crippen LogP contribution in [0.2, 0.25) is 5.02 Å². The van der Waals surface area contributed by atoms with Crippen LogP contribution in [0.5, 0.6) is 0 Å². The van der Waals surface area contributed by atoms with Crippen LogP contribution >= 0.6 is 23.2 Å². The zero-order chi connectivity index (χ0) is 17.4. The molecule has 0 radical (unpaired) electrons. The lowest BCUT2D eigenvalue weighted by Crippen LogP contribution is -2.38. The van der Waals surface area contributed by atoms with E-state index in [4.69, 9.17) is 23.2 Å². The molecule has 0 atom stereocenters. The molecule has 1 aliphatic carbocycles. The molecule has 1 aromatic rings. The highest BCUT2D eigenvalue weighted by atomic mass is 35.5. The van der Waals surface area contributed by atoms with Gasteiger partial charge in [0.05, 0.1) is 5.69 Å². The lowest BCUT2D eigenvalue weighted by atomic mass is 9.94. The number of rotatable bonds is 3. The molecule has 6 heteroatoms. The molecule has 1 aromatic carbocycles. The minimum absolute atomic E-state index is 0.00947. The van der Waals surface area contributed by atoms with Gasteiger partial charge in [-0.15, -0.1) is 0 Å². The van der Waals surface area contributed by atoms with Gasteiger partial charge in [-0.25, -0.2) is 4.90 Å². The highest BCUT2D eigenvalue weighted by Crippen LogP contribution is 2.35. The number of halogens is 2. The summed E-state index contributed by atoms with van der Waals surface area (Å²) in [4.78, 5) is 28.4. The molecule has 0 N–H and O–H groups in total. The van der Waals surface area contributed by atoms with Crippen molar-refractivity contribution >= 4 is 40.7 Å². The largest absolute Gasteiger partial charge is 0.366 e. The van der Waals surface area contributed by atoms with E-state index < -0.39 is 5.91 Å². The van der Waals surface area contributed by atoms with E-state index in [0.717, 1.165) is 36.1 Å². The predicted octanol–water partition coefficient (Wildman–Crippen LogP) is 4.24.